The number of rotatable bonds is 5. The maximum Gasteiger partial charge on any atom is 0.230 e. The van der Waals surface area contributed by atoms with Crippen LogP contribution in [-0.4, -0.2) is 20.7 Å². The van der Waals surface area contributed by atoms with Gasteiger partial charge in [-0.2, -0.15) is 5.10 Å². The minimum Gasteiger partial charge on any atom is -0.302 e. The van der Waals surface area contributed by atoms with Gasteiger partial charge in [-0.3, -0.25) is 9.48 Å². The van der Waals surface area contributed by atoms with Gasteiger partial charge in [-0.25, -0.2) is 4.98 Å². The summed E-state index contributed by atoms with van der Waals surface area (Å²) >= 11 is 1.45. The number of nitrogens with one attached hydrogen (secondary N) is 1. The van der Waals surface area contributed by atoms with Crippen LogP contribution in [0.2, 0.25) is 0 Å². The molecule has 21 heavy (non-hydrogen) atoms. The smallest absolute Gasteiger partial charge is 0.230 e. The molecular weight excluding hydrogens is 284 g/mol. The number of hydrogen-bond acceptors (Lipinski definition) is 4. The third-order valence-electron chi connectivity index (χ3n) is 3.27. The second-order valence-corrected chi connectivity index (χ2v) is 6.60. The standard InChI is InChI=1S/C15H22N4OS/c1-9(2)7-19-12(5)13(11(4)18-19)6-14(20)17-15-16-10(3)8-21-15/h8-9H,6-7H2,1-5H3,(H,16,17,20). The summed E-state index contributed by atoms with van der Waals surface area (Å²) in [7, 11) is 0. The number of thiazole rings is 1. The summed E-state index contributed by atoms with van der Waals surface area (Å²) in [6.07, 6.45) is 0.342. The van der Waals surface area contributed by atoms with Gasteiger partial charge in [0.25, 0.3) is 0 Å². The zero-order chi connectivity index (χ0) is 15.6. The van der Waals surface area contributed by atoms with Gasteiger partial charge in [0.2, 0.25) is 5.91 Å². The van der Waals surface area contributed by atoms with Crippen molar-refractivity contribution in [2.45, 2.75) is 47.6 Å². The normalized spacial score (nSPS) is 11.1. The minimum absolute atomic E-state index is 0.0420. The average molecular weight is 306 g/mol. The first-order valence-corrected chi connectivity index (χ1v) is 7.99. The van der Waals surface area contributed by atoms with Crippen molar-refractivity contribution < 1.29 is 4.79 Å². The molecule has 0 bridgehead atoms. The summed E-state index contributed by atoms with van der Waals surface area (Å²) in [6, 6.07) is 0. The van der Waals surface area contributed by atoms with Crippen LogP contribution in [0.4, 0.5) is 5.13 Å². The van der Waals surface area contributed by atoms with Crippen molar-refractivity contribution in [2.24, 2.45) is 5.92 Å². The molecule has 0 unspecified atom stereocenters. The topological polar surface area (TPSA) is 59.8 Å². The number of aryl methyl sites for hydroxylation is 2. The van der Waals surface area contributed by atoms with Crippen LogP contribution in [0.25, 0.3) is 0 Å². The number of nitrogens with zero attached hydrogens (tertiary/aromatic N) is 3. The first-order valence-electron chi connectivity index (χ1n) is 7.11. The van der Waals surface area contributed by atoms with Gasteiger partial charge in [0, 0.05) is 23.2 Å². The molecule has 0 spiro atoms. The molecular formula is C15H22N4OS. The molecule has 0 aliphatic heterocycles. The number of hydrogen-bond donors (Lipinski definition) is 1. The maximum absolute atomic E-state index is 12.1. The van der Waals surface area contributed by atoms with Gasteiger partial charge >= 0.3 is 0 Å². The lowest BCUT2D eigenvalue weighted by molar-refractivity contribution is -0.115. The van der Waals surface area contributed by atoms with Crippen LogP contribution in [0.5, 0.6) is 0 Å². The van der Waals surface area contributed by atoms with Crippen molar-refractivity contribution in [2.75, 3.05) is 5.32 Å². The third kappa shape index (κ3) is 3.91. The molecule has 2 heterocycles. The van der Waals surface area contributed by atoms with Crippen molar-refractivity contribution in [1.29, 1.82) is 0 Å². The van der Waals surface area contributed by atoms with Gasteiger partial charge in [0.15, 0.2) is 5.13 Å². The predicted molar refractivity (Wildman–Crippen MR) is 85.7 cm³/mol. The van der Waals surface area contributed by atoms with E-state index in [-0.39, 0.29) is 5.91 Å². The highest BCUT2D eigenvalue weighted by Crippen LogP contribution is 2.18. The Balaban J connectivity index is 2.08. The summed E-state index contributed by atoms with van der Waals surface area (Å²) in [5, 5.41) is 9.96. The van der Waals surface area contributed by atoms with E-state index in [1.807, 2.05) is 30.8 Å². The molecule has 0 aliphatic rings. The molecule has 2 aromatic rings. The maximum atomic E-state index is 12.1. The molecule has 0 fully saturated rings. The van der Waals surface area contributed by atoms with Crippen LogP contribution < -0.4 is 5.32 Å². The summed E-state index contributed by atoms with van der Waals surface area (Å²) in [4.78, 5) is 16.4. The lowest BCUT2D eigenvalue weighted by Crippen LogP contribution is -2.15. The first kappa shape index (κ1) is 15.7. The molecule has 5 nitrogen and oxygen atoms in total. The van der Waals surface area contributed by atoms with E-state index in [0.29, 0.717) is 17.5 Å². The fourth-order valence-corrected chi connectivity index (χ4v) is 2.95. The predicted octanol–water partition coefficient (Wildman–Crippen LogP) is 3.10. The Morgan fingerprint density at radius 1 is 1.38 bits per heavy atom. The van der Waals surface area contributed by atoms with Crippen molar-refractivity contribution >= 4 is 22.4 Å². The van der Waals surface area contributed by atoms with E-state index in [1.165, 1.54) is 11.3 Å². The largest absolute Gasteiger partial charge is 0.302 e. The molecule has 1 N–H and O–H groups in total. The number of aromatic nitrogens is 3. The highest BCUT2D eigenvalue weighted by molar-refractivity contribution is 7.13. The van der Waals surface area contributed by atoms with Gasteiger partial charge in [0.1, 0.15) is 0 Å². The Kier molecular flexibility index (Phi) is 4.77. The summed E-state index contributed by atoms with van der Waals surface area (Å²) in [6.45, 7) is 11.1. The Morgan fingerprint density at radius 2 is 2.10 bits per heavy atom. The molecule has 6 heteroatoms. The van der Waals surface area contributed by atoms with Crippen LogP contribution in [0.15, 0.2) is 5.38 Å². The highest BCUT2D eigenvalue weighted by Gasteiger charge is 2.16. The van der Waals surface area contributed by atoms with Crippen molar-refractivity contribution in [3.63, 3.8) is 0 Å². The van der Waals surface area contributed by atoms with E-state index in [1.54, 1.807) is 0 Å². The quantitative estimate of drug-likeness (QED) is 0.923. The average Bonchev–Trinajstić information content (AvgIpc) is 2.88. The molecule has 0 aromatic carbocycles. The third-order valence-corrected chi connectivity index (χ3v) is 4.15. The van der Waals surface area contributed by atoms with Crippen molar-refractivity contribution in [3.05, 3.63) is 28.0 Å². The van der Waals surface area contributed by atoms with Crippen LogP contribution in [0, 0.1) is 26.7 Å². The van der Waals surface area contributed by atoms with E-state index in [4.69, 9.17) is 0 Å². The van der Waals surface area contributed by atoms with Crippen LogP contribution >= 0.6 is 11.3 Å². The summed E-state index contributed by atoms with van der Waals surface area (Å²) in [5.41, 5.74) is 3.94. The van der Waals surface area contributed by atoms with Crippen LogP contribution in [0.3, 0.4) is 0 Å². The zero-order valence-electron chi connectivity index (χ0n) is 13.2. The second-order valence-electron chi connectivity index (χ2n) is 5.74. The van der Waals surface area contributed by atoms with Gasteiger partial charge < -0.3 is 5.32 Å². The Bertz CT molecular complexity index is 642. The second kappa shape index (κ2) is 6.39. The van der Waals surface area contributed by atoms with Gasteiger partial charge in [-0.15, -0.1) is 11.3 Å². The van der Waals surface area contributed by atoms with E-state index >= 15 is 0 Å². The lowest BCUT2D eigenvalue weighted by atomic mass is 10.1. The minimum atomic E-state index is -0.0420. The molecule has 0 atom stereocenters. The number of carbonyl (C=O) groups is 1. The molecule has 0 aliphatic carbocycles. The van der Waals surface area contributed by atoms with E-state index in [2.05, 4.69) is 29.2 Å². The SMILES string of the molecule is Cc1csc(NC(=O)Cc2c(C)nn(CC(C)C)c2C)n1. The first-order chi connectivity index (χ1) is 9.86. The summed E-state index contributed by atoms with van der Waals surface area (Å²) in [5.74, 6) is 0.489. The molecule has 2 rings (SSSR count). The molecule has 2 aromatic heterocycles. The van der Waals surface area contributed by atoms with Crippen molar-refractivity contribution in [1.82, 2.24) is 14.8 Å². The monoisotopic (exact) mass is 306 g/mol. The van der Waals surface area contributed by atoms with Crippen LogP contribution in [0.1, 0.15) is 36.5 Å². The number of amides is 1. The highest BCUT2D eigenvalue weighted by atomic mass is 32.1. The molecule has 1 amide bonds. The molecule has 0 saturated heterocycles. The van der Waals surface area contributed by atoms with E-state index in [0.717, 1.165) is 29.2 Å². The molecule has 0 radical (unpaired) electrons. The number of carbonyl (C=O) groups excluding carboxylic acids is 1. The van der Waals surface area contributed by atoms with E-state index < -0.39 is 0 Å². The molecule has 114 valence electrons. The molecule has 0 saturated carbocycles. The van der Waals surface area contributed by atoms with Gasteiger partial charge in [-0.1, -0.05) is 13.8 Å². The Labute approximate surface area is 129 Å². The summed E-state index contributed by atoms with van der Waals surface area (Å²) < 4.78 is 2.00. The van der Waals surface area contributed by atoms with Gasteiger partial charge in [0.05, 0.1) is 17.8 Å². The number of anilines is 1. The fourth-order valence-electron chi connectivity index (χ4n) is 2.25. The fraction of sp³-hybridized carbons (Fsp3) is 0.533. The Morgan fingerprint density at radius 3 is 2.67 bits per heavy atom. The van der Waals surface area contributed by atoms with Crippen LogP contribution in [-0.2, 0) is 17.8 Å². The van der Waals surface area contributed by atoms with Crippen molar-refractivity contribution in [3.8, 4) is 0 Å². The van der Waals surface area contributed by atoms with E-state index in [9.17, 15) is 4.79 Å². The zero-order valence-corrected chi connectivity index (χ0v) is 14.0. The van der Waals surface area contributed by atoms with Gasteiger partial charge in [-0.05, 0) is 26.7 Å². The Hall–Kier alpha value is -1.69. The lowest BCUT2D eigenvalue weighted by Gasteiger charge is -2.08.